The lowest BCUT2D eigenvalue weighted by Crippen LogP contribution is -2.05. The van der Waals surface area contributed by atoms with Gasteiger partial charge in [0.1, 0.15) is 5.82 Å². The summed E-state index contributed by atoms with van der Waals surface area (Å²) in [6, 6.07) is 5.96. The molecule has 2 aromatic heterocycles. The minimum Gasteiger partial charge on any atom is -0.358 e. The Bertz CT molecular complexity index is 824. The standard InChI is InChI=1S/C14H10BrN5S/c1-2-5-16-13-10(15)7-17-14(20-13)19-9-3-4-12-11(6-9)18-8-21-12/h1,3-4,6-8H,5H2,(H2,16,17,19,20). The van der Waals surface area contributed by atoms with Gasteiger partial charge in [0.2, 0.25) is 5.95 Å². The van der Waals surface area contributed by atoms with E-state index in [0.717, 1.165) is 20.4 Å². The Labute approximate surface area is 134 Å². The lowest BCUT2D eigenvalue weighted by atomic mass is 10.3. The predicted octanol–water partition coefficient (Wildman–Crippen LogP) is 3.64. The molecular weight excluding hydrogens is 350 g/mol. The van der Waals surface area contributed by atoms with E-state index in [4.69, 9.17) is 6.42 Å². The average Bonchev–Trinajstić information content (AvgIpc) is 2.95. The van der Waals surface area contributed by atoms with Crippen LogP contribution in [0.2, 0.25) is 0 Å². The number of benzene rings is 1. The second kappa shape index (κ2) is 6.08. The summed E-state index contributed by atoms with van der Waals surface area (Å²) in [4.78, 5) is 12.9. The molecular formula is C14H10BrN5S. The molecule has 21 heavy (non-hydrogen) atoms. The molecule has 3 rings (SSSR count). The molecule has 0 bridgehead atoms. The zero-order valence-electron chi connectivity index (χ0n) is 10.8. The Morgan fingerprint density at radius 1 is 1.33 bits per heavy atom. The summed E-state index contributed by atoms with van der Waals surface area (Å²) >= 11 is 4.99. The van der Waals surface area contributed by atoms with Crippen LogP contribution in [0.3, 0.4) is 0 Å². The first-order valence-electron chi connectivity index (χ1n) is 6.06. The molecule has 2 N–H and O–H groups in total. The van der Waals surface area contributed by atoms with Gasteiger partial charge in [-0.3, -0.25) is 0 Å². The quantitative estimate of drug-likeness (QED) is 0.696. The molecule has 0 aliphatic heterocycles. The lowest BCUT2D eigenvalue weighted by molar-refractivity contribution is 1.13. The maximum Gasteiger partial charge on any atom is 0.229 e. The maximum absolute atomic E-state index is 5.24. The first-order valence-corrected chi connectivity index (χ1v) is 7.73. The van der Waals surface area contributed by atoms with Gasteiger partial charge in [0.25, 0.3) is 0 Å². The monoisotopic (exact) mass is 359 g/mol. The van der Waals surface area contributed by atoms with Gasteiger partial charge in [-0.15, -0.1) is 17.8 Å². The number of thiazole rings is 1. The molecule has 104 valence electrons. The van der Waals surface area contributed by atoms with Gasteiger partial charge in [-0.05, 0) is 34.1 Å². The van der Waals surface area contributed by atoms with E-state index in [0.29, 0.717) is 18.3 Å². The summed E-state index contributed by atoms with van der Waals surface area (Å²) in [6.07, 6.45) is 6.91. The van der Waals surface area contributed by atoms with Crippen molar-refractivity contribution in [2.24, 2.45) is 0 Å². The average molecular weight is 360 g/mol. The number of nitrogens with zero attached hydrogens (tertiary/aromatic N) is 3. The van der Waals surface area contributed by atoms with Crippen molar-refractivity contribution in [3.05, 3.63) is 34.4 Å². The molecule has 0 saturated heterocycles. The molecule has 3 aromatic rings. The van der Waals surface area contributed by atoms with Gasteiger partial charge in [0.15, 0.2) is 0 Å². The van der Waals surface area contributed by atoms with Gasteiger partial charge in [-0.1, -0.05) is 5.92 Å². The smallest absolute Gasteiger partial charge is 0.229 e. The minimum atomic E-state index is 0.403. The number of nitrogens with one attached hydrogen (secondary N) is 2. The summed E-state index contributed by atoms with van der Waals surface area (Å²) in [6.45, 7) is 0.403. The van der Waals surface area contributed by atoms with Crippen molar-refractivity contribution in [2.75, 3.05) is 17.2 Å². The van der Waals surface area contributed by atoms with Crippen LogP contribution in [0.25, 0.3) is 10.2 Å². The van der Waals surface area contributed by atoms with Crippen molar-refractivity contribution < 1.29 is 0 Å². The summed E-state index contributed by atoms with van der Waals surface area (Å²) in [7, 11) is 0. The van der Waals surface area contributed by atoms with Crippen molar-refractivity contribution in [1.29, 1.82) is 0 Å². The summed E-state index contributed by atoms with van der Waals surface area (Å²) in [5, 5.41) is 6.19. The van der Waals surface area contributed by atoms with Crippen molar-refractivity contribution in [1.82, 2.24) is 15.0 Å². The summed E-state index contributed by atoms with van der Waals surface area (Å²) in [5.41, 5.74) is 3.67. The Morgan fingerprint density at radius 3 is 3.10 bits per heavy atom. The van der Waals surface area contributed by atoms with E-state index in [1.54, 1.807) is 17.5 Å². The largest absolute Gasteiger partial charge is 0.358 e. The fourth-order valence-electron chi connectivity index (χ4n) is 1.75. The van der Waals surface area contributed by atoms with Gasteiger partial charge in [-0.25, -0.2) is 9.97 Å². The van der Waals surface area contributed by atoms with Crippen LogP contribution in [0.15, 0.2) is 34.4 Å². The highest BCUT2D eigenvalue weighted by Gasteiger charge is 2.05. The molecule has 1 aromatic carbocycles. The van der Waals surface area contributed by atoms with Gasteiger partial charge < -0.3 is 10.6 Å². The number of halogens is 1. The third-order valence-corrected chi connectivity index (χ3v) is 4.08. The number of rotatable bonds is 4. The van der Waals surface area contributed by atoms with Gasteiger partial charge in [0, 0.05) is 11.9 Å². The Balaban J connectivity index is 1.85. The van der Waals surface area contributed by atoms with Crippen LogP contribution >= 0.6 is 27.3 Å². The molecule has 0 fully saturated rings. The third kappa shape index (κ3) is 3.12. The van der Waals surface area contributed by atoms with Crippen LogP contribution < -0.4 is 10.6 Å². The van der Waals surface area contributed by atoms with Crippen molar-refractivity contribution >= 4 is 54.9 Å². The van der Waals surface area contributed by atoms with Crippen LogP contribution in [0, 0.1) is 12.3 Å². The number of fused-ring (bicyclic) bond motifs is 1. The normalized spacial score (nSPS) is 10.3. The van der Waals surface area contributed by atoms with Gasteiger partial charge in [0.05, 0.1) is 26.7 Å². The predicted molar refractivity (Wildman–Crippen MR) is 90.0 cm³/mol. The second-order valence-corrected chi connectivity index (χ2v) is 5.85. The second-order valence-electron chi connectivity index (χ2n) is 4.11. The summed E-state index contributed by atoms with van der Waals surface area (Å²) < 4.78 is 1.91. The zero-order chi connectivity index (χ0) is 14.7. The van der Waals surface area contributed by atoms with Crippen LogP contribution in [0.4, 0.5) is 17.5 Å². The number of aromatic nitrogens is 3. The number of hydrogen-bond acceptors (Lipinski definition) is 6. The first kappa shape index (κ1) is 13.8. The molecule has 2 heterocycles. The minimum absolute atomic E-state index is 0.403. The van der Waals surface area contributed by atoms with E-state index in [2.05, 4.69) is 47.4 Å². The van der Waals surface area contributed by atoms with Crippen LogP contribution in [0.1, 0.15) is 0 Å². The highest BCUT2D eigenvalue weighted by molar-refractivity contribution is 9.10. The Morgan fingerprint density at radius 2 is 2.24 bits per heavy atom. The zero-order valence-corrected chi connectivity index (χ0v) is 13.2. The van der Waals surface area contributed by atoms with E-state index in [1.165, 1.54) is 0 Å². The molecule has 0 unspecified atom stereocenters. The van der Waals surface area contributed by atoms with Gasteiger partial charge in [-0.2, -0.15) is 4.98 Å². The molecule has 0 aliphatic rings. The SMILES string of the molecule is C#CCNc1nc(Nc2ccc3scnc3c2)ncc1Br. The molecule has 0 aliphatic carbocycles. The van der Waals surface area contributed by atoms with Crippen LogP contribution in [0.5, 0.6) is 0 Å². The van der Waals surface area contributed by atoms with E-state index < -0.39 is 0 Å². The van der Waals surface area contributed by atoms with E-state index >= 15 is 0 Å². The molecule has 0 atom stereocenters. The fourth-order valence-corrected chi connectivity index (χ4v) is 2.74. The van der Waals surface area contributed by atoms with Crippen molar-refractivity contribution in [3.8, 4) is 12.3 Å². The van der Waals surface area contributed by atoms with E-state index in [9.17, 15) is 0 Å². The van der Waals surface area contributed by atoms with Crippen LogP contribution in [-0.2, 0) is 0 Å². The molecule has 7 heteroatoms. The molecule has 0 spiro atoms. The Kier molecular flexibility index (Phi) is 3.99. The van der Waals surface area contributed by atoms with Gasteiger partial charge >= 0.3 is 0 Å². The van der Waals surface area contributed by atoms with Crippen LogP contribution in [-0.4, -0.2) is 21.5 Å². The number of terminal acetylenes is 1. The van der Waals surface area contributed by atoms with E-state index in [1.807, 2.05) is 23.7 Å². The summed E-state index contributed by atoms with van der Waals surface area (Å²) in [5.74, 6) is 3.66. The van der Waals surface area contributed by atoms with Crippen molar-refractivity contribution in [2.45, 2.75) is 0 Å². The third-order valence-electron chi connectivity index (χ3n) is 2.69. The topological polar surface area (TPSA) is 62.7 Å². The number of anilines is 3. The van der Waals surface area contributed by atoms with E-state index in [-0.39, 0.29) is 0 Å². The highest BCUT2D eigenvalue weighted by Crippen LogP contribution is 2.25. The highest BCUT2D eigenvalue weighted by atomic mass is 79.9. The number of hydrogen-bond donors (Lipinski definition) is 2. The maximum atomic E-state index is 5.24. The molecule has 0 amide bonds. The molecule has 0 radical (unpaired) electrons. The molecule has 0 saturated carbocycles. The molecule has 5 nitrogen and oxygen atoms in total. The fraction of sp³-hybridized carbons (Fsp3) is 0.0714. The lowest BCUT2D eigenvalue weighted by Gasteiger charge is -2.08. The van der Waals surface area contributed by atoms with Crippen molar-refractivity contribution in [3.63, 3.8) is 0 Å². The Hall–Kier alpha value is -2.17. The first-order chi connectivity index (χ1) is 10.3.